The third kappa shape index (κ3) is 3.59. The molecule has 1 heteroatoms. The third-order valence-corrected chi connectivity index (χ3v) is 0.272. The van der Waals surface area contributed by atoms with Crippen molar-refractivity contribution in [1.29, 1.82) is 0 Å². The Labute approximate surface area is 36.4 Å². The molecule has 0 amide bonds. The molecule has 0 saturated carbocycles. The van der Waals surface area contributed by atoms with Gasteiger partial charge in [-0.3, -0.25) is 0 Å². The second-order valence-electron chi connectivity index (χ2n) is 0.437. The van der Waals surface area contributed by atoms with Gasteiger partial charge in [0.25, 0.3) is 0 Å². The Hall–Kier alpha value is -0.410. The molecule has 1 radical (unpaired) electrons. The Morgan fingerprint density at radius 2 is 2.40 bits per heavy atom. The average molecular weight is 85.5 g/mol. The van der Waals surface area contributed by atoms with Crippen LogP contribution >= 0.6 is 11.6 Å². The van der Waals surface area contributed by atoms with Gasteiger partial charge in [0.1, 0.15) is 0 Å². The van der Waals surface area contributed by atoms with Crippen molar-refractivity contribution in [1.82, 2.24) is 0 Å². The summed E-state index contributed by atoms with van der Waals surface area (Å²) in [5, 5.41) is 0. The molecule has 5 heavy (non-hydrogen) atoms. The zero-order chi connectivity index (χ0) is 4.12. The van der Waals surface area contributed by atoms with Crippen LogP contribution < -0.4 is 0 Å². The van der Waals surface area contributed by atoms with Gasteiger partial charge >= 0.3 is 0 Å². The molecule has 0 nitrogen and oxygen atoms in total. The summed E-state index contributed by atoms with van der Waals surface area (Å²) < 4.78 is 0. The van der Waals surface area contributed by atoms with Crippen molar-refractivity contribution in [3.05, 3.63) is 18.0 Å². The maximum atomic E-state index is 6.18. The van der Waals surface area contributed by atoms with Crippen LogP contribution in [0.2, 0.25) is 0 Å². The Bertz CT molecular complexity index is 66.2. The number of halogens is 1. The van der Waals surface area contributed by atoms with Crippen LogP contribution in [0.5, 0.6) is 0 Å². The van der Waals surface area contributed by atoms with Crippen LogP contribution in [0, 0.1) is 12.3 Å². The van der Waals surface area contributed by atoms with E-state index in [1.807, 2.05) is 5.92 Å². The smallest absolute Gasteiger partial charge is 0.0126 e. The number of allylic oxidation sites excluding steroid dienone is 1. The lowest BCUT2D eigenvalue weighted by Crippen LogP contribution is -1.30. The highest BCUT2D eigenvalue weighted by atomic mass is 35.5. The Kier molecular flexibility index (Phi) is 3.30. The zero-order valence-electron chi connectivity index (χ0n) is 2.53. The van der Waals surface area contributed by atoms with E-state index in [2.05, 4.69) is 0 Å². The van der Waals surface area contributed by atoms with Gasteiger partial charge < -0.3 is 0 Å². The van der Waals surface area contributed by atoms with Crippen molar-refractivity contribution in [2.45, 2.75) is 0 Å². The quantitative estimate of drug-likeness (QED) is 0.389. The maximum Gasteiger partial charge on any atom is 0.0126 e. The normalized spacial score (nSPS) is 8.00. The molecule has 0 N–H and O–H groups in total. The summed E-state index contributed by atoms with van der Waals surface area (Å²) in [5.74, 6) is 1.95. The van der Waals surface area contributed by atoms with Crippen molar-refractivity contribution in [2.24, 2.45) is 0 Å². The molecule has 0 saturated heterocycles. The molecule has 0 bridgehead atoms. The molecular weight excluding hydrogens is 83.5 g/mol. The van der Waals surface area contributed by atoms with Gasteiger partial charge in [0, 0.05) is 11.6 Å². The summed E-state index contributed by atoms with van der Waals surface area (Å²) in [7, 11) is 0. The number of rotatable bonds is 0. The highest BCUT2D eigenvalue weighted by molar-refractivity contribution is 6.25. The van der Waals surface area contributed by atoms with Gasteiger partial charge in [-0.25, -0.2) is 0 Å². The lowest BCUT2D eigenvalue weighted by molar-refractivity contribution is 2.25. The SMILES string of the molecule is [C]#CC=CCl. The van der Waals surface area contributed by atoms with Gasteiger partial charge in [-0.15, -0.1) is 0 Å². The van der Waals surface area contributed by atoms with Gasteiger partial charge in [0.05, 0.1) is 0 Å². The summed E-state index contributed by atoms with van der Waals surface area (Å²) in [5.41, 5.74) is 1.23. The largest absolute Gasteiger partial charge is 0.0923 e. The van der Waals surface area contributed by atoms with E-state index in [9.17, 15) is 0 Å². The van der Waals surface area contributed by atoms with E-state index in [0.29, 0.717) is 0 Å². The van der Waals surface area contributed by atoms with Crippen molar-refractivity contribution in [3.63, 3.8) is 0 Å². The van der Waals surface area contributed by atoms with E-state index < -0.39 is 0 Å². The van der Waals surface area contributed by atoms with Crippen molar-refractivity contribution in [3.8, 4) is 5.92 Å². The molecule has 0 heterocycles. The fourth-order valence-corrected chi connectivity index (χ4v) is 0.0945. The first-order valence-electron chi connectivity index (χ1n) is 1.09. The van der Waals surface area contributed by atoms with Crippen molar-refractivity contribution >= 4 is 11.6 Å². The average Bonchev–Trinajstić information content (AvgIpc) is 1.41. The summed E-state index contributed by atoms with van der Waals surface area (Å²) >= 11 is 4.94. The monoisotopic (exact) mass is 85.0 g/mol. The molecule has 0 atom stereocenters. The Balaban J connectivity index is 3.04. The third-order valence-electron chi connectivity index (χ3n) is 0.146. The van der Waals surface area contributed by atoms with Gasteiger partial charge in [-0.2, -0.15) is 0 Å². The lowest BCUT2D eigenvalue weighted by Gasteiger charge is -1.48. The van der Waals surface area contributed by atoms with Crippen molar-refractivity contribution in [2.75, 3.05) is 0 Å². The van der Waals surface area contributed by atoms with Crippen LogP contribution in [0.15, 0.2) is 11.6 Å². The molecule has 0 rings (SSSR count). The number of hydrogen-bond acceptors (Lipinski definition) is 0. The lowest BCUT2D eigenvalue weighted by atomic mass is 10.7. The molecule has 0 fully saturated rings. The van der Waals surface area contributed by atoms with Crippen LogP contribution in [-0.4, -0.2) is 0 Å². The minimum absolute atomic E-state index is 1.23. The molecule has 0 unspecified atom stereocenters. The second kappa shape index (κ2) is 3.59. The summed E-state index contributed by atoms with van der Waals surface area (Å²) in [6.07, 6.45) is 7.49. The maximum absolute atomic E-state index is 6.18. The molecule has 0 aromatic rings. The number of hydrogen-bond donors (Lipinski definition) is 0. The minimum atomic E-state index is 1.23. The molecule has 25 valence electrons. The van der Waals surface area contributed by atoms with E-state index in [1.165, 1.54) is 11.6 Å². The highest BCUT2D eigenvalue weighted by Gasteiger charge is 1.44. The molecule has 0 aliphatic carbocycles. The Morgan fingerprint density at radius 1 is 1.80 bits per heavy atom. The first kappa shape index (κ1) is 4.59. The van der Waals surface area contributed by atoms with Crippen LogP contribution in [0.4, 0.5) is 0 Å². The molecule has 0 aliphatic heterocycles. The first-order valence-corrected chi connectivity index (χ1v) is 1.53. The van der Waals surface area contributed by atoms with Crippen molar-refractivity contribution < 1.29 is 0 Å². The standard InChI is InChI=1S/C4H2Cl/c1-2-3-4-5/h3-4H. The fraction of sp³-hybridized carbons (Fsp3) is 0. The van der Waals surface area contributed by atoms with Gasteiger partial charge in [-0.1, -0.05) is 17.5 Å². The molecule has 0 spiro atoms. The van der Waals surface area contributed by atoms with Crippen LogP contribution in [-0.2, 0) is 0 Å². The van der Waals surface area contributed by atoms with E-state index in [0.717, 1.165) is 0 Å². The van der Waals surface area contributed by atoms with Crippen LogP contribution in [0.1, 0.15) is 0 Å². The fourth-order valence-electron chi connectivity index (χ4n) is 0.0315. The summed E-state index contributed by atoms with van der Waals surface area (Å²) in [4.78, 5) is 0. The predicted molar refractivity (Wildman–Crippen MR) is 22.1 cm³/mol. The van der Waals surface area contributed by atoms with E-state index in [4.69, 9.17) is 18.0 Å². The topological polar surface area (TPSA) is 0 Å². The van der Waals surface area contributed by atoms with Gasteiger partial charge in [0.2, 0.25) is 0 Å². The highest BCUT2D eigenvalue weighted by Crippen LogP contribution is 1.71. The van der Waals surface area contributed by atoms with Gasteiger partial charge in [-0.05, 0) is 6.42 Å². The first-order chi connectivity index (χ1) is 2.41. The van der Waals surface area contributed by atoms with E-state index >= 15 is 0 Å². The van der Waals surface area contributed by atoms with Gasteiger partial charge in [0.15, 0.2) is 0 Å². The molecule has 0 aromatic heterocycles. The minimum Gasteiger partial charge on any atom is -0.0923 e. The molecule has 0 aromatic carbocycles. The Morgan fingerprint density at radius 3 is 2.40 bits per heavy atom. The molecule has 0 aliphatic rings. The second-order valence-corrected chi connectivity index (χ2v) is 0.689. The van der Waals surface area contributed by atoms with E-state index in [-0.39, 0.29) is 0 Å². The predicted octanol–water partition coefficient (Wildman–Crippen LogP) is 1.33. The van der Waals surface area contributed by atoms with Crippen LogP contribution in [0.3, 0.4) is 0 Å². The summed E-state index contributed by atoms with van der Waals surface area (Å²) in [6.45, 7) is 0. The van der Waals surface area contributed by atoms with E-state index in [1.54, 1.807) is 0 Å². The molecular formula is C4H2Cl. The zero-order valence-corrected chi connectivity index (χ0v) is 3.29. The van der Waals surface area contributed by atoms with Crippen LogP contribution in [0.25, 0.3) is 0 Å². The summed E-state index contributed by atoms with van der Waals surface area (Å²) in [6, 6.07) is 0.